The van der Waals surface area contributed by atoms with E-state index in [1.807, 2.05) is 0 Å². The molecule has 1 rings (SSSR count). The number of rotatable bonds is 5. The van der Waals surface area contributed by atoms with Gasteiger partial charge in [0, 0.05) is 19.3 Å². The first-order valence-electron chi connectivity index (χ1n) is 5.65. The smallest absolute Gasteiger partial charge is 0.307 e. The van der Waals surface area contributed by atoms with Crippen molar-refractivity contribution in [1.29, 1.82) is 0 Å². The number of hydrogen-bond donors (Lipinski definition) is 1. The van der Waals surface area contributed by atoms with Crippen LogP contribution in [-0.2, 0) is 14.3 Å². The van der Waals surface area contributed by atoms with E-state index in [1.54, 1.807) is 0 Å². The van der Waals surface area contributed by atoms with Crippen LogP contribution >= 0.6 is 0 Å². The molecule has 0 spiro atoms. The van der Waals surface area contributed by atoms with Gasteiger partial charge in [0.25, 0.3) is 0 Å². The maximum atomic E-state index is 11.2. The second-order valence-electron chi connectivity index (χ2n) is 3.89. The third kappa shape index (κ3) is 4.18. The van der Waals surface area contributed by atoms with Crippen LogP contribution in [0.3, 0.4) is 0 Å². The fourth-order valence-corrected chi connectivity index (χ4v) is 2.05. The van der Waals surface area contributed by atoms with Crippen LogP contribution in [-0.4, -0.2) is 38.9 Å². The van der Waals surface area contributed by atoms with Crippen LogP contribution in [0.25, 0.3) is 0 Å². The number of methoxy groups -OCH3 is 1. The number of nitrogens with one attached hydrogen (secondary N) is 1. The van der Waals surface area contributed by atoms with Gasteiger partial charge < -0.3 is 14.8 Å². The molecule has 0 saturated carbocycles. The highest BCUT2D eigenvalue weighted by molar-refractivity contribution is 5.69. The van der Waals surface area contributed by atoms with Crippen molar-refractivity contribution in [1.82, 2.24) is 5.32 Å². The Hall–Kier alpha value is -0.610. The SMILES string of the molecule is CCNC(CC(=O)OC)C1CCOCC1. The minimum absolute atomic E-state index is 0.132. The van der Waals surface area contributed by atoms with Crippen LogP contribution in [0.5, 0.6) is 0 Å². The molecule has 0 amide bonds. The summed E-state index contributed by atoms with van der Waals surface area (Å²) in [6, 6.07) is 0.242. The summed E-state index contributed by atoms with van der Waals surface area (Å²) in [4.78, 5) is 11.2. The number of hydrogen-bond acceptors (Lipinski definition) is 4. The number of carbonyl (C=O) groups is 1. The maximum absolute atomic E-state index is 11.2. The van der Waals surface area contributed by atoms with Gasteiger partial charge >= 0.3 is 5.97 Å². The highest BCUT2D eigenvalue weighted by Crippen LogP contribution is 2.21. The van der Waals surface area contributed by atoms with Crippen molar-refractivity contribution in [2.24, 2.45) is 5.92 Å². The van der Waals surface area contributed by atoms with Crippen LogP contribution in [0.15, 0.2) is 0 Å². The molecule has 0 radical (unpaired) electrons. The van der Waals surface area contributed by atoms with Gasteiger partial charge in [0.05, 0.1) is 13.5 Å². The average Bonchev–Trinajstić information content (AvgIpc) is 2.29. The Balaban J connectivity index is 2.43. The lowest BCUT2D eigenvalue weighted by Crippen LogP contribution is -2.40. The second-order valence-corrected chi connectivity index (χ2v) is 3.89. The zero-order valence-electron chi connectivity index (χ0n) is 9.62. The third-order valence-electron chi connectivity index (χ3n) is 2.92. The van der Waals surface area contributed by atoms with Crippen molar-refractivity contribution in [3.05, 3.63) is 0 Å². The molecule has 88 valence electrons. The van der Waals surface area contributed by atoms with E-state index in [0.29, 0.717) is 12.3 Å². The van der Waals surface area contributed by atoms with Crippen molar-refractivity contribution in [3.8, 4) is 0 Å². The summed E-state index contributed by atoms with van der Waals surface area (Å²) in [5, 5.41) is 3.36. The summed E-state index contributed by atoms with van der Waals surface area (Å²) in [6.07, 6.45) is 2.54. The zero-order valence-corrected chi connectivity index (χ0v) is 9.62. The van der Waals surface area contributed by atoms with Gasteiger partial charge in [-0.25, -0.2) is 0 Å². The topological polar surface area (TPSA) is 47.6 Å². The molecule has 0 aromatic carbocycles. The normalized spacial score (nSPS) is 19.9. The first-order valence-corrected chi connectivity index (χ1v) is 5.65. The highest BCUT2D eigenvalue weighted by Gasteiger charge is 2.25. The Morgan fingerprint density at radius 2 is 2.20 bits per heavy atom. The lowest BCUT2D eigenvalue weighted by Gasteiger charge is -2.30. The first kappa shape index (κ1) is 12.5. The van der Waals surface area contributed by atoms with Gasteiger partial charge in [0.15, 0.2) is 0 Å². The van der Waals surface area contributed by atoms with E-state index >= 15 is 0 Å². The Kier molecular flexibility index (Phi) is 5.65. The second kappa shape index (κ2) is 6.80. The summed E-state index contributed by atoms with van der Waals surface area (Å²) in [7, 11) is 1.44. The molecule has 1 atom stereocenters. The lowest BCUT2D eigenvalue weighted by atomic mass is 9.89. The van der Waals surface area contributed by atoms with Gasteiger partial charge in [-0.05, 0) is 25.3 Å². The lowest BCUT2D eigenvalue weighted by molar-refractivity contribution is -0.141. The van der Waals surface area contributed by atoms with Crippen molar-refractivity contribution in [2.45, 2.75) is 32.2 Å². The van der Waals surface area contributed by atoms with E-state index in [2.05, 4.69) is 12.2 Å². The van der Waals surface area contributed by atoms with E-state index in [1.165, 1.54) is 7.11 Å². The van der Waals surface area contributed by atoms with Gasteiger partial charge in [0.1, 0.15) is 0 Å². The Morgan fingerprint density at radius 3 is 2.73 bits per heavy atom. The minimum Gasteiger partial charge on any atom is -0.469 e. The molecule has 0 aliphatic carbocycles. The van der Waals surface area contributed by atoms with E-state index in [9.17, 15) is 4.79 Å². The molecule has 0 aromatic heterocycles. The number of esters is 1. The van der Waals surface area contributed by atoms with Gasteiger partial charge in [-0.2, -0.15) is 0 Å². The number of ether oxygens (including phenoxy) is 2. The fraction of sp³-hybridized carbons (Fsp3) is 0.909. The van der Waals surface area contributed by atoms with E-state index in [4.69, 9.17) is 9.47 Å². The molecule has 1 saturated heterocycles. The summed E-state index contributed by atoms with van der Waals surface area (Å²) >= 11 is 0. The summed E-state index contributed by atoms with van der Waals surface area (Å²) < 4.78 is 10.0. The summed E-state index contributed by atoms with van der Waals surface area (Å²) in [5.41, 5.74) is 0. The van der Waals surface area contributed by atoms with E-state index < -0.39 is 0 Å². The molecular weight excluding hydrogens is 194 g/mol. The predicted molar refractivity (Wildman–Crippen MR) is 57.6 cm³/mol. The Bertz CT molecular complexity index is 190. The standard InChI is InChI=1S/C11H21NO3/c1-3-12-10(8-11(13)14-2)9-4-6-15-7-5-9/h9-10,12H,3-8H2,1-2H3. The average molecular weight is 215 g/mol. The molecule has 15 heavy (non-hydrogen) atoms. The molecule has 1 unspecified atom stereocenters. The first-order chi connectivity index (χ1) is 7.27. The third-order valence-corrected chi connectivity index (χ3v) is 2.92. The molecule has 1 N–H and O–H groups in total. The number of carbonyl (C=O) groups excluding carboxylic acids is 1. The van der Waals surface area contributed by atoms with E-state index in [-0.39, 0.29) is 12.0 Å². The molecule has 4 heteroatoms. The Morgan fingerprint density at radius 1 is 1.53 bits per heavy atom. The molecule has 1 heterocycles. The van der Waals surface area contributed by atoms with Gasteiger partial charge in [-0.1, -0.05) is 6.92 Å². The quantitative estimate of drug-likeness (QED) is 0.694. The molecule has 0 bridgehead atoms. The van der Waals surface area contributed by atoms with Crippen molar-refractivity contribution < 1.29 is 14.3 Å². The minimum atomic E-state index is -0.132. The van der Waals surface area contributed by atoms with Crippen molar-refractivity contribution in [3.63, 3.8) is 0 Å². The molecule has 1 aliphatic heterocycles. The largest absolute Gasteiger partial charge is 0.469 e. The molecule has 1 aliphatic rings. The van der Waals surface area contributed by atoms with Gasteiger partial charge in [-0.3, -0.25) is 4.79 Å². The monoisotopic (exact) mass is 215 g/mol. The van der Waals surface area contributed by atoms with Crippen LogP contribution in [0.2, 0.25) is 0 Å². The van der Waals surface area contributed by atoms with E-state index in [0.717, 1.165) is 32.6 Å². The van der Waals surface area contributed by atoms with Crippen LogP contribution in [0.4, 0.5) is 0 Å². The van der Waals surface area contributed by atoms with Crippen LogP contribution < -0.4 is 5.32 Å². The zero-order chi connectivity index (χ0) is 11.1. The molecular formula is C11H21NO3. The van der Waals surface area contributed by atoms with Crippen molar-refractivity contribution in [2.75, 3.05) is 26.9 Å². The fourth-order valence-electron chi connectivity index (χ4n) is 2.05. The van der Waals surface area contributed by atoms with Crippen LogP contribution in [0.1, 0.15) is 26.2 Å². The van der Waals surface area contributed by atoms with Gasteiger partial charge in [-0.15, -0.1) is 0 Å². The van der Waals surface area contributed by atoms with Gasteiger partial charge in [0.2, 0.25) is 0 Å². The van der Waals surface area contributed by atoms with Crippen molar-refractivity contribution >= 4 is 5.97 Å². The molecule has 4 nitrogen and oxygen atoms in total. The predicted octanol–water partition coefficient (Wildman–Crippen LogP) is 0.954. The highest BCUT2D eigenvalue weighted by atomic mass is 16.5. The van der Waals surface area contributed by atoms with Crippen LogP contribution in [0, 0.1) is 5.92 Å². The summed E-state index contributed by atoms with van der Waals surface area (Å²) in [5.74, 6) is 0.408. The summed E-state index contributed by atoms with van der Waals surface area (Å²) in [6.45, 7) is 4.57. The molecule has 1 fully saturated rings. The molecule has 0 aromatic rings. The maximum Gasteiger partial charge on any atom is 0.307 e. The Labute approximate surface area is 91.3 Å².